The highest BCUT2D eigenvalue weighted by Gasteiger charge is 2.22. The molecule has 0 saturated carbocycles. The number of nitro benzene ring substituents is 1. The van der Waals surface area contributed by atoms with E-state index in [2.05, 4.69) is 10.3 Å². The van der Waals surface area contributed by atoms with Gasteiger partial charge in [-0.2, -0.15) is 0 Å². The van der Waals surface area contributed by atoms with E-state index in [9.17, 15) is 19.3 Å². The summed E-state index contributed by atoms with van der Waals surface area (Å²) in [7, 11) is 1.58. The lowest BCUT2D eigenvalue weighted by Gasteiger charge is -2.35. The van der Waals surface area contributed by atoms with Crippen molar-refractivity contribution in [3.05, 3.63) is 40.2 Å². The molecular formula is C18H22FN5O4. The highest BCUT2D eigenvalue weighted by Crippen LogP contribution is 2.28. The predicted octanol–water partition coefficient (Wildman–Crippen LogP) is 1.17. The molecule has 0 spiro atoms. The molecule has 1 aliphatic rings. The number of nitro groups is 1. The number of carbonyl (C=O) groups excluding carboxylic acids is 1. The minimum Gasteiger partial charge on any atom is -0.383 e. The van der Waals surface area contributed by atoms with E-state index in [1.165, 1.54) is 6.07 Å². The van der Waals surface area contributed by atoms with Crippen LogP contribution in [-0.2, 0) is 9.53 Å². The maximum atomic E-state index is 13.6. The second-order valence-electron chi connectivity index (χ2n) is 6.53. The maximum Gasteiger partial charge on any atom is 0.298 e. The Labute approximate surface area is 161 Å². The summed E-state index contributed by atoms with van der Waals surface area (Å²) in [5, 5.41) is 14.4. The number of rotatable bonds is 7. The number of anilines is 1. The van der Waals surface area contributed by atoms with E-state index < -0.39 is 10.7 Å². The van der Waals surface area contributed by atoms with Crippen molar-refractivity contribution in [2.75, 3.05) is 57.9 Å². The van der Waals surface area contributed by atoms with Gasteiger partial charge in [-0.3, -0.25) is 19.8 Å². The van der Waals surface area contributed by atoms with E-state index in [1.807, 2.05) is 9.80 Å². The molecule has 0 atom stereocenters. The normalized spacial score (nSPS) is 15.0. The van der Waals surface area contributed by atoms with Gasteiger partial charge < -0.3 is 15.0 Å². The predicted molar refractivity (Wildman–Crippen MR) is 102 cm³/mol. The Balaban J connectivity index is 1.65. The molecule has 10 heteroatoms. The van der Waals surface area contributed by atoms with Crippen LogP contribution in [0.25, 0.3) is 10.9 Å². The molecule has 1 aromatic heterocycles. The quantitative estimate of drug-likeness (QED) is 0.429. The Hall–Kier alpha value is -2.85. The molecule has 0 aliphatic carbocycles. The first-order chi connectivity index (χ1) is 13.5. The van der Waals surface area contributed by atoms with E-state index >= 15 is 0 Å². The number of benzene rings is 1. The Morgan fingerprint density at radius 2 is 2.07 bits per heavy atom. The second-order valence-corrected chi connectivity index (χ2v) is 6.53. The van der Waals surface area contributed by atoms with E-state index in [0.717, 1.165) is 6.07 Å². The third-order valence-corrected chi connectivity index (χ3v) is 4.61. The van der Waals surface area contributed by atoms with Crippen LogP contribution < -0.4 is 10.2 Å². The number of aromatic nitrogens is 1. The van der Waals surface area contributed by atoms with Crippen molar-refractivity contribution in [1.29, 1.82) is 0 Å². The van der Waals surface area contributed by atoms with Crippen LogP contribution in [0, 0.1) is 15.9 Å². The summed E-state index contributed by atoms with van der Waals surface area (Å²) >= 11 is 0. The molecule has 0 bridgehead atoms. The first-order valence-corrected chi connectivity index (χ1v) is 8.95. The maximum absolute atomic E-state index is 13.6. The summed E-state index contributed by atoms with van der Waals surface area (Å²) in [4.78, 5) is 30.9. The zero-order chi connectivity index (χ0) is 20.1. The number of nitrogens with zero attached hydrogens (tertiary/aromatic N) is 4. The number of halogens is 1. The Morgan fingerprint density at radius 1 is 1.32 bits per heavy atom. The average molecular weight is 391 g/mol. The number of carbonyl (C=O) groups is 1. The van der Waals surface area contributed by atoms with Crippen molar-refractivity contribution < 1.29 is 18.8 Å². The molecule has 3 rings (SSSR count). The van der Waals surface area contributed by atoms with Crippen molar-refractivity contribution in [2.45, 2.75) is 0 Å². The van der Waals surface area contributed by atoms with E-state index in [1.54, 1.807) is 19.2 Å². The van der Waals surface area contributed by atoms with Crippen LogP contribution in [0.15, 0.2) is 24.3 Å². The van der Waals surface area contributed by atoms with Crippen molar-refractivity contribution in [3.8, 4) is 0 Å². The Kier molecular flexibility index (Phi) is 6.32. The van der Waals surface area contributed by atoms with Crippen LogP contribution in [0.5, 0.6) is 0 Å². The molecule has 1 fully saturated rings. The Bertz CT molecular complexity index is 870. The molecule has 0 radical (unpaired) electrons. The number of ether oxygens (including phenoxy) is 1. The smallest absolute Gasteiger partial charge is 0.298 e. The molecule has 1 aliphatic heterocycles. The molecule has 1 aromatic carbocycles. The van der Waals surface area contributed by atoms with Gasteiger partial charge in [0, 0.05) is 45.2 Å². The van der Waals surface area contributed by atoms with Gasteiger partial charge in [0.1, 0.15) is 11.6 Å². The number of methoxy groups -OCH3 is 1. The lowest BCUT2D eigenvalue weighted by Crippen LogP contribution is -2.50. The van der Waals surface area contributed by atoms with Crippen LogP contribution in [0.2, 0.25) is 0 Å². The van der Waals surface area contributed by atoms with Crippen LogP contribution >= 0.6 is 0 Å². The first kappa shape index (κ1) is 19.9. The van der Waals surface area contributed by atoms with Gasteiger partial charge in [-0.25, -0.2) is 9.37 Å². The molecular weight excluding hydrogens is 369 g/mol. The molecule has 2 aromatic rings. The summed E-state index contributed by atoms with van der Waals surface area (Å²) < 4.78 is 18.5. The van der Waals surface area contributed by atoms with Crippen LogP contribution in [0.3, 0.4) is 0 Å². The monoisotopic (exact) mass is 391 g/mol. The van der Waals surface area contributed by atoms with Crippen LogP contribution in [0.1, 0.15) is 0 Å². The van der Waals surface area contributed by atoms with Crippen molar-refractivity contribution in [1.82, 2.24) is 15.2 Å². The van der Waals surface area contributed by atoms with Crippen LogP contribution in [-0.4, -0.2) is 73.7 Å². The van der Waals surface area contributed by atoms with E-state index in [-0.39, 0.29) is 17.1 Å². The van der Waals surface area contributed by atoms with Gasteiger partial charge in [0.15, 0.2) is 5.52 Å². The van der Waals surface area contributed by atoms with Gasteiger partial charge in [-0.15, -0.1) is 0 Å². The zero-order valence-corrected chi connectivity index (χ0v) is 15.6. The van der Waals surface area contributed by atoms with Gasteiger partial charge in [0.05, 0.1) is 24.1 Å². The highest BCUT2D eigenvalue weighted by molar-refractivity contribution is 5.88. The lowest BCUT2D eigenvalue weighted by molar-refractivity contribution is -0.383. The summed E-state index contributed by atoms with van der Waals surface area (Å²) in [6.07, 6.45) is 0. The standard InChI is InChI=1S/C18H22FN5O4/c1-28-9-4-20-17(25)12-22-5-7-23(8-6-22)16-3-2-13-10-14(19)11-15(24(26)27)18(13)21-16/h2-3,10-11H,4-9,12H2,1H3,(H,20,25). The molecule has 1 amide bonds. The second kappa shape index (κ2) is 8.89. The third kappa shape index (κ3) is 4.70. The fraction of sp³-hybridized carbons (Fsp3) is 0.444. The largest absolute Gasteiger partial charge is 0.383 e. The molecule has 2 heterocycles. The van der Waals surface area contributed by atoms with Crippen molar-refractivity contribution >= 4 is 28.3 Å². The number of amides is 1. The minimum atomic E-state index is -0.661. The topological polar surface area (TPSA) is 101 Å². The number of non-ortho nitro benzene ring substituents is 1. The zero-order valence-electron chi connectivity index (χ0n) is 15.6. The fourth-order valence-electron chi connectivity index (χ4n) is 3.17. The molecule has 1 N–H and O–H groups in total. The van der Waals surface area contributed by atoms with Gasteiger partial charge in [0.25, 0.3) is 5.69 Å². The summed E-state index contributed by atoms with van der Waals surface area (Å²) in [5.74, 6) is -0.107. The number of hydrogen-bond acceptors (Lipinski definition) is 7. The summed E-state index contributed by atoms with van der Waals surface area (Å²) in [6.45, 7) is 3.88. The van der Waals surface area contributed by atoms with E-state index in [0.29, 0.717) is 57.1 Å². The number of fused-ring (bicyclic) bond motifs is 1. The van der Waals surface area contributed by atoms with Crippen molar-refractivity contribution in [2.24, 2.45) is 0 Å². The minimum absolute atomic E-state index is 0.0491. The van der Waals surface area contributed by atoms with Crippen molar-refractivity contribution in [3.63, 3.8) is 0 Å². The molecule has 150 valence electrons. The SMILES string of the molecule is COCCNC(=O)CN1CCN(c2ccc3cc(F)cc([N+](=O)[O-])c3n2)CC1. The fourth-order valence-corrected chi connectivity index (χ4v) is 3.17. The number of pyridine rings is 1. The van der Waals surface area contributed by atoms with E-state index in [4.69, 9.17) is 4.74 Å². The molecule has 0 unspecified atom stereocenters. The summed E-state index contributed by atoms with van der Waals surface area (Å²) in [5.41, 5.74) is -0.174. The van der Waals surface area contributed by atoms with Gasteiger partial charge in [-0.1, -0.05) is 0 Å². The van der Waals surface area contributed by atoms with Gasteiger partial charge in [-0.05, 0) is 18.2 Å². The Morgan fingerprint density at radius 3 is 2.75 bits per heavy atom. The number of piperazine rings is 1. The van der Waals surface area contributed by atoms with Gasteiger partial charge >= 0.3 is 0 Å². The third-order valence-electron chi connectivity index (χ3n) is 4.61. The number of hydrogen-bond donors (Lipinski definition) is 1. The summed E-state index contributed by atoms with van der Waals surface area (Å²) in [6, 6.07) is 5.50. The highest BCUT2D eigenvalue weighted by atomic mass is 19.1. The first-order valence-electron chi connectivity index (χ1n) is 8.95. The average Bonchev–Trinajstić information content (AvgIpc) is 2.67. The van der Waals surface area contributed by atoms with Crippen LogP contribution in [0.4, 0.5) is 15.9 Å². The molecule has 9 nitrogen and oxygen atoms in total. The number of nitrogens with one attached hydrogen (secondary N) is 1. The molecule has 28 heavy (non-hydrogen) atoms. The lowest BCUT2D eigenvalue weighted by atomic mass is 10.1. The molecule has 1 saturated heterocycles. The van der Waals surface area contributed by atoms with Gasteiger partial charge in [0.2, 0.25) is 5.91 Å².